The third-order valence-corrected chi connectivity index (χ3v) is 8.34. The molecule has 2 heterocycles. The van der Waals surface area contributed by atoms with Crippen LogP contribution in [0.3, 0.4) is 0 Å². The van der Waals surface area contributed by atoms with Crippen molar-refractivity contribution in [3.8, 4) is 0 Å². The van der Waals surface area contributed by atoms with E-state index in [9.17, 15) is 33.9 Å². The number of para-hydroxylation sites is 1. The van der Waals surface area contributed by atoms with E-state index in [0.29, 0.717) is 5.69 Å². The molecule has 3 rings (SSSR count). The summed E-state index contributed by atoms with van der Waals surface area (Å²) in [5.74, 6) is -5.30. The van der Waals surface area contributed by atoms with Crippen LogP contribution in [0.1, 0.15) is 31.0 Å². The number of likely N-dealkylation sites (N-methyl/N-ethyl adjacent to an activating group) is 1. The van der Waals surface area contributed by atoms with Crippen molar-refractivity contribution in [3.05, 3.63) is 54.2 Å². The van der Waals surface area contributed by atoms with Crippen LogP contribution < -0.4 is 38.1 Å². The van der Waals surface area contributed by atoms with E-state index in [2.05, 4.69) is 54.2 Å². The van der Waals surface area contributed by atoms with Gasteiger partial charge in [0.1, 0.15) is 24.2 Å². The number of fused-ring (bicyclic) bond motifs is 1. The van der Waals surface area contributed by atoms with Gasteiger partial charge in [-0.2, -0.15) is 12.6 Å². The van der Waals surface area contributed by atoms with Crippen LogP contribution in [-0.4, -0.2) is 123 Å². The molecule has 0 unspecified atom stereocenters. The van der Waals surface area contributed by atoms with Crippen molar-refractivity contribution >= 4 is 65.0 Å². The second-order valence-electron chi connectivity index (χ2n) is 12.1. The molecular formula is C32H46N12O7S. The number of nitrogens with two attached hydrogens (primary N) is 2. The monoisotopic (exact) mass is 742 g/mol. The number of aliphatic carboxylic acids is 1. The number of nitrogens with one attached hydrogen (secondary N) is 8. The number of thiol groups is 1. The lowest BCUT2D eigenvalue weighted by atomic mass is 10.0. The number of guanidine groups is 1. The van der Waals surface area contributed by atoms with Crippen molar-refractivity contribution in [1.82, 2.24) is 46.4 Å². The Morgan fingerprint density at radius 2 is 1.65 bits per heavy atom. The first-order valence-electron chi connectivity index (χ1n) is 16.3. The lowest BCUT2D eigenvalue weighted by Gasteiger charge is -2.25. The fourth-order valence-corrected chi connectivity index (χ4v) is 5.45. The Morgan fingerprint density at radius 3 is 2.31 bits per heavy atom. The molecule has 0 bridgehead atoms. The van der Waals surface area contributed by atoms with Gasteiger partial charge in [0.2, 0.25) is 29.5 Å². The third-order valence-electron chi connectivity index (χ3n) is 7.98. The molecule has 0 radical (unpaired) electrons. The Morgan fingerprint density at radius 1 is 0.981 bits per heavy atom. The Bertz CT molecular complexity index is 1720. The van der Waals surface area contributed by atoms with E-state index >= 15 is 0 Å². The fourth-order valence-electron chi connectivity index (χ4n) is 5.20. The molecule has 1 aromatic carbocycles. The molecule has 2 aromatic heterocycles. The van der Waals surface area contributed by atoms with Crippen molar-refractivity contribution in [3.63, 3.8) is 0 Å². The van der Waals surface area contributed by atoms with Gasteiger partial charge in [-0.15, -0.1) is 0 Å². The van der Waals surface area contributed by atoms with Gasteiger partial charge < -0.3 is 58.0 Å². The van der Waals surface area contributed by atoms with Crippen LogP contribution in [0.2, 0.25) is 0 Å². The van der Waals surface area contributed by atoms with Crippen molar-refractivity contribution in [2.24, 2.45) is 11.5 Å². The molecule has 13 N–H and O–H groups in total. The summed E-state index contributed by atoms with van der Waals surface area (Å²) in [6.45, 7) is 1.18. The van der Waals surface area contributed by atoms with Crippen molar-refractivity contribution in [2.45, 2.75) is 62.8 Å². The number of imidazole rings is 1. The number of carboxylic acids is 1. The summed E-state index contributed by atoms with van der Waals surface area (Å²) in [6, 6.07) is 1.64. The first kappa shape index (κ1) is 40.8. The Labute approximate surface area is 304 Å². The molecule has 0 saturated carbocycles. The van der Waals surface area contributed by atoms with E-state index in [1.807, 2.05) is 24.3 Å². The number of carboxylic acid groups (broad SMARTS) is 1. The van der Waals surface area contributed by atoms with Gasteiger partial charge in [0.25, 0.3) is 0 Å². The number of hydrogen-bond acceptors (Lipinski definition) is 10. The molecule has 0 aliphatic rings. The Kier molecular flexibility index (Phi) is 15.4. The second-order valence-corrected chi connectivity index (χ2v) is 12.5. The van der Waals surface area contributed by atoms with Crippen LogP contribution in [0.25, 0.3) is 10.9 Å². The zero-order valence-corrected chi connectivity index (χ0v) is 29.7. The first-order valence-corrected chi connectivity index (χ1v) is 17.0. The molecule has 52 heavy (non-hydrogen) atoms. The van der Waals surface area contributed by atoms with Gasteiger partial charge in [0.15, 0.2) is 5.96 Å². The predicted octanol–water partition coefficient (Wildman–Crippen LogP) is -2.30. The van der Waals surface area contributed by atoms with Gasteiger partial charge in [0, 0.05) is 49.1 Å². The van der Waals surface area contributed by atoms with E-state index in [4.69, 9.17) is 16.9 Å². The highest BCUT2D eigenvalue weighted by molar-refractivity contribution is 7.80. The number of benzene rings is 1. The summed E-state index contributed by atoms with van der Waals surface area (Å²) in [5.41, 5.74) is 13.7. The molecule has 0 saturated heterocycles. The van der Waals surface area contributed by atoms with E-state index in [1.54, 1.807) is 6.20 Å². The number of carbonyl (C=O) groups is 6. The number of nitrogens with zero attached hydrogens (tertiary/aromatic N) is 2. The van der Waals surface area contributed by atoms with Gasteiger partial charge in [-0.3, -0.25) is 29.4 Å². The summed E-state index contributed by atoms with van der Waals surface area (Å²) < 4.78 is 0. The number of hydrogen-bond donors (Lipinski definition) is 12. The molecular weight excluding hydrogens is 696 g/mol. The summed E-state index contributed by atoms with van der Waals surface area (Å²) in [7, 11) is 1.42. The van der Waals surface area contributed by atoms with Gasteiger partial charge in [-0.25, -0.2) is 9.78 Å². The van der Waals surface area contributed by atoms with Crippen molar-refractivity contribution in [1.29, 1.82) is 5.41 Å². The maximum absolute atomic E-state index is 13.6. The minimum Gasteiger partial charge on any atom is -0.480 e. The van der Waals surface area contributed by atoms with Gasteiger partial charge in [-0.1, -0.05) is 18.2 Å². The highest BCUT2D eigenvalue weighted by Crippen LogP contribution is 2.19. The van der Waals surface area contributed by atoms with Gasteiger partial charge in [-0.05, 0) is 37.8 Å². The third kappa shape index (κ3) is 12.3. The highest BCUT2D eigenvalue weighted by Gasteiger charge is 2.31. The molecule has 0 aliphatic heterocycles. The van der Waals surface area contributed by atoms with Crippen LogP contribution in [0.5, 0.6) is 0 Å². The molecule has 282 valence electrons. The second kappa shape index (κ2) is 19.7. The SMILES string of the molecule is C[C@H](NC(=O)CN(C)C(=O)[C@@H](N)Cc1c[nH]c2ccccc12)C(=O)N[C@@H](Cc1c[nH]cn1)C(=O)N[C@@H](CCCNC(=N)N)C(=O)N[C@@H](CS)C(=O)O. The Balaban J connectivity index is 1.63. The summed E-state index contributed by atoms with van der Waals surface area (Å²) in [6.07, 6.45) is 5.06. The molecule has 20 heteroatoms. The van der Waals surface area contributed by atoms with Crippen molar-refractivity contribution in [2.75, 3.05) is 25.9 Å². The highest BCUT2D eigenvalue weighted by atomic mass is 32.1. The number of amides is 5. The molecule has 5 atom stereocenters. The van der Waals surface area contributed by atoms with Gasteiger partial charge >= 0.3 is 5.97 Å². The van der Waals surface area contributed by atoms with Crippen LogP contribution in [0, 0.1) is 5.41 Å². The maximum atomic E-state index is 13.6. The lowest BCUT2D eigenvalue weighted by molar-refractivity contribution is -0.141. The molecule has 0 aliphatic carbocycles. The lowest BCUT2D eigenvalue weighted by Crippen LogP contribution is -2.58. The number of aromatic amines is 2. The summed E-state index contributed by atoms with van der Waals surface area (Å²) in [5, 5.41) is 30.2. The average molecular weight is 743 g/mol. The summed E-state index contributed by atoms with van der Waals surface area (Å²) >= 11 is 3.96. The molecule has 19 nitrogen and oxygen atoms in total. The zero-order valence-electron chi connectivity index (χ0n) is 28.8. The number of rotatable bonds is 20. The molecule has 5 amide bonds. The number of carbonyl (C=O) groups excluding carboxylic acids is 5. The maximum Gasteiger partial charge on any atom is 0.327 e. The van der Waals surface area contributed by atoms with Crippen LogP contribution >= 0.6 is 12.6 Å². The molecule has 3 aromatic rings. The smallest absolute Gasteiger partial charge is 0.327 e. The summed E-state index contributed by atoms with van der Waals surface area (Å²) in [4.78, 5) is 88.4. The first-order chi connectivity index (χ1) is 24.7. The van der Waals surface area contributed by atoms with E-state index in [1.165, 1.54) is 26.5 Å². The van der Waals surface area contributed by atoms with E-state index in [0.717, 1.165) is 21.4 Å². The van der Waals surface area contributed by atoms with Gasteiger partial charge in [0.05, 0.1) is 24.6 Å². The van der Waals surface area contributed by atoms with E-state index in [-0.39, 0.29) is 43.9 Å². The molecule has 0 spiro atoms. The van der Waals surface area contributed by atoms with Crippen LogP contribution in [-0.2, 0) is 41.6 Å². The predicted molar refractivity (Wildman–Crippen MR) is 194 cm³/mol. The Hall–Kier alpha value is -5.63. The standard InChI is InChI=1S/C32H46N12O7S/c1-17(40-26(45)14-44(2)30(49)21(33)10-18-12-38-22-7-4-3-6-20(18)22)27(46)42-24(11-19-13-36-16-39-19)29(48)41-23(8-5-9-37-32(34)35)28(47)43-25(15-52)31(50)51/h3-4,6-7,12-13,16-17,21,23-25,38,52H,5,8-11,14-15,33H2,1-2H3,(H,36,39)(H,40,45)(H,41,48)(H,42,46)(H,43,47)(H,50,51)(H4,34,35,37)/t17-,21-,23-,24-,25-/m0/s1. The quantitative estimate of drug-likeness (QED) is 0.0253. The fraction of sp³-hybridized carbons (Fsp3) is 0.438. The minimum absolute atomic E-state index is 0.0178. The van der Waals surface area contributed by atoms with Crippen LogP contribution in [0.4, 0.5) is 0 Å². The largest absolute Gasteiger partial charge is 0.480 e. The zero-order chi connectivity index (χ0) is 38.4. The van der Waals surface area contributed by atoms with Crippen molar-refractivity contribution < 1.29 is 33.9 Å². The normalized spacial score (nSPS) is 13.8. The number of H-pyrrole nitrogens is 2. The topological polar surface area (TPSA) is 306 Å². The number of aromatic nitrogens is 3. The molecule has 0 fully saturated rings. The minimum atomic E-state index is -1.33. The van der Waals surface area contributed by atoms with Crippen LogP contribution in [0.15, 0.2) is 43.0 Å². The average Bonchev–Trinajstić information content (AvgIpc) is 3.77. The van der Waals surface area contributed by atoms with E-state index < -0.39 is 72.3 Å².